The standard InChI is InChI=1S/C17H21N5O3/c1-2-25-16-13(4-3-6-20-16)15(23)21-11-17(24)5-9-22(12-17)14-10-18-7-8-19-14/h3-4,6-8,10,24H,2,5,9,11-12H2,1H3,(H,21,23)/t17-/m1/s1. The molecule has 0 aromatic carbocycles. The zero-order chi connectivity index (χ0) is 17.7. The van der Waals surface area contributed by atoms with Gasteiger partial charge < -0.3 is 20.1 Å². The average Bonchev–Trinajstić information content (AvgIpc) is 3.04. The Hall–Kier alpha value is -2.74. The summed E-state index contributed by atoms with van der Waals surface area (Å²) in [5.74, 6) is 0.695. The topological polar surface area (TPSA) is 100 Å². The molecule has 3 rings (SSSR count). The van der Waals surface area contributed by atoms with Crippen molar-refractivity contribution in [3.63, 3.8) is 0 Å². The van der Waals surface area contributed by atoms with Crippen molar-refractivity contribution in [2.75, 3.05) is 31.1 Å². The number of hydrogen-bond donors (Lipinski definition) is 2. The van der Waals surface area contributed by atoms with Gasteiger partial charge in [-0.3, -0.25) is 9.78 Å². The highest BCUT2D eigenvalue weighted by atomic mass is 16.5. The largest absolute Gasteiger partial charge is 0.477 e. The van der Waals surface area contributed by atoms with Gasteiger partial charge in [-0.15, -0.1) is 0 Å². The van der Waals surface area contributed by atoms with Crippen molar-refractivity contribution in [3.05, 3.63) is 42.5 Å². The second-order valence-corrected chi connectivity index (χ2v) is 5.93. The van der Waals surface area contributed by atoms with Crippen LogP contribution in [-0.2, 0) is 0 Å². The molecule has 8 heteroatoms. The van der Waals surface area contributed by atoms with Gasteiger partial charge in [0.25, 0.3) is 5.91 Å². The Morgan fingerprint density at radius 3 is 3.04 bits per heavy atom. The molecule has 0 spiro atoms. The summed E-state index contributed by atoms with van der Waals surface area (Å²) >= 11 is 0. The first kappa shape index (κ1) is 17.1. The van der Waals surface area contributed by atoms with Crippen molar-refractivity contribution in [1.82, 2.24) is 20.3 Å². The number of hydrogen-bond acceptors (Lipinski definition) is 7. The summed E-state index contributed by atoms with van der Waals surface area (Å²) in [6, 6.07) is 3.33. The Morgan fingerprint density at radius 2 is 2.28 bits per heavy atom. The van der Waals surface area contributed by atoms with E-state index in [1.54, 1.807) is 36.9 Å². The Labute approximate surface area is 145 Å². The number of nitrogens with zero attached hydrogens (tertiary/aromatic N) is 4. The fourth-order valence-electron chi connectivity index (χ4n) is 2.81. The maximum Gasteiger partial charge on any atom is 0.256 e. The molecule has 1 saturated heterocycles. The Kier molecular flexibility index (Phi) is 5.08. The number of pyridine rings is 1. The van der Waals surface area contributed by atoms with Gasteiger partial charge in [-0.05, 0) is 25.5 Å². The highest BCUT2D eigenvalue weighted by molar-refractivity contribution is 5.96. The predicted octanol–water partition coefficient (Wildman–Crippen LogP) is 0.641. The SMILES string of the molecule is CCOc1ncccc1C(=O)NC[C@]1(O)CCN(c2cnccn2)C1. The number of carbonyl (C=O) groups excluding carboxylic acids is 1. The minimum absolute atomic E-state index is 0.142. The van der Waals surface area contributed by atoms with Crippen molar-refractivity contribution in [2.24, 2.45) is 0 Å². The minimum atomic E-state index is -1.01. The van der Waals surface area contributed by atoms with E-state index in [0.29, 0.717) is 37.6 Å². The van der Waals surface area contributed by atoms with Crippen LogP contribution in [0, 0.1) is 0 Å². The third-order valence-electron chi connectivity index (χ3n) is 4.08. The summed E-state index contributed by atoms with van der Waals surface area (Å²) in [7, 11) is 0. The molecule has 0 aliphatic carbocycles. The number of anilines is 1. The van der Waals surface area contributed by atoms with Crippen LogP contribution >= 0.6 is 0 Å². The molecule has 2 aromatic rings. The molecule has 0 radical (unpaired) electrons. The number of aliphatic hydroxyl groups is 1. The first-order valence-corrected chi connectivity index (χ1v) is 8.21. The molecule has 1 atom stereocenters. The van der Waals surface area contributed by atoms with E-state index in [0.717, 1.165) is 5.82 Å². The van der Waals surface area contributed by atoms with Gasteiger partial charge >= 0.3 is 0 Å². The molecule has 25 heavy (non-hydrogen) atoms. The lowest BCUT2D eigenvalue weighted by atomic mass is 10.0. The second-order valence-electron chi connectivity index (χ2n) is 5.93. The number of nitrogens with one attached hydrogen (secondary N) is 1. The maximum atomic E-state index is 12.4. The van der Waals surface area contributed by atoms with E-state index in [9.17, 15) is 9.90 Å². The van der Waals surface area contributed by atoms with Gasteiger partial charge in [-0.25, -0.2) is 9.97 Å². The van der Waals surface area contributed by atoms with E-state index < -0.39 is 5.60 Å². The average molecular weight is 343 g/mol. The smallest absolute Gasteiger partial charge is 0.256 e. The van der Waals surface area contributed by atoms with Crippen LogP contribution in [0.25, 0.3) is 0 Å². The van der Waals surface area contributed by atoms with Crippen LogP contribution in [0.4, 0.5) is 5.82 Å². The molecular weight excluding hydrogens is 322 g/mol. The lowest BCUT2D eigenvalue weighted by Gasteiger charge is -2.24. The zero-order valence-electron chi connectivity index (χ0n) is 14.1. The molecule has 8 nitrogen and oxygen atoms in total. The molecule has 0 saturated carbocycles. The third-order valence-corrected chi connectivity index (χ3v) is 4.08. The van der Waals surface area contributed by atoms with Crippen molar-refractivity contribution < 1.29 is 14.6 Å². The summed E-state index contributed by atoms with van der Waals surface area (Å²) in [5.41, 5.74) is -0.655. The van der Waals surface area contributed by atoms with Crippen LogP contribution in [0.5, 0.6) is 5.88 Å². The van der Waals surface area contributed by atoms with E-state index in [2.05, 4.69) is 20.3 Å². The molecule has 1 aliphatic rings. The second kappa shape index (κ2) is 7.43. The molecule has 2 aromatic heterocycles. The van der Waals surface area contributed by atoms with Gasteiger partial charge in [0.1, 0.15) is 17.0 Å². The number of β-amino-alcohol motifs (C(OH)–C–C–N with tert-alkyl or cyclic N) is 1. The quantitative estimate of drug-likeness (QED) is 0.794. The number of aromatic nitrogens is 3. The molecule has 1 aliphatic heterocycles. The number of carbonyl (C=O) groups is 1. The summed E-state index contributed by atoms with van der Waals surface area (Å²) < 4.78 is 5.37. The summed E-state index contributed by atoms with van der Waals surface area (Å²) in [4.78, 5) is 26.7. The lowest BCUT2D eigenvalue weighted by Crippen LogP contribution is -2.45. The Balaban J connectivity index is 1.61. The van der Waals surface area contributed by atoms with Gasteiger partial charge in [0, 0.05) is 38.2 Å². The van der Waals surface area contributed by atoms with Crippen molar-refractivity contribution in [2.45, 2.75) is 18.9 Å². The molecular formula is C17H21N5O3. The monoisotopic (exact) mass is 343 g/mol. The normalized spacial score (nSPS) is 19.7. The molecule has 1 amide bonds. The lowest BCUT2D eigenvalue weighted by molar-refractivity contribution is 0.0574. The fourth-order valence-corrected chi connectivity index (χ4v) is 2.81. The molecule has 0 bridgehead atoms. The van der Waals surface area contributed by atoms with E-state index in [4.69, 9.17) is 4.74 Å². The van der Waals surface area contributed by atoms with Gasteiger partial charge in [0.2, 0.25) is 5.88 Å². The highest BCUT2D eigenvalue weighted by Crippen LogP contribution is 2.24. The van der Waals surface area contributed by atoms with Crippen molar-refractivity contribution >= 4 is 11.7 Å². The predicted molar refractivity (Wildman–Crippen MR) is 91.6 cm³/mol. The van der Waals surface area contributed by atoms with E-state index in [1.807, 2.05) is 11.8 Å². The molecule has 3 heterocycles. The number of rotatable bonds is 6. The number of ether oxygens (including phenoxy) is 1. The van der Waals surface area contributed by atoms with Gasteiger partial charge in [0.05, 0.1) is 12.8 Å². The van der Waals surface area contributed by atoms with Crippen molar-refractivity contribution in [1.29, 1.82) is 0 Å². The van der Waals surface area contributed by atoms with Crippen LogP contribution in [0.1, 0.15) is 23.7 Å². The van der Waals surface area contributed by atoms with Crippen LogP contribution in [0.3, 0.4) is 0 Å². The molecule has 132 valence electrons. The summed E-state index contributed by atoms with van der Waals surface area (Å²) in [6.45, 7) is 3.44. The first-order chi connectivity index (χ1) is 12.1. The van der Waals surface area contributed by atoms with E-state index >= 15 is 0 Å². The fraction of sp³-hybridized carbons (Fsp3) is 0.412. The highest BCUT2D eigenvalue weighted by Gasteiger charge is 2.37. The Bertz CT molecular complexity index is 727. The van der Waals surface area contributed by atoms with Crippen molar-refractivity contribution in [3.8, 4) is 5.88 Å². The Morgan fingerprint density at radius 1 is 1.40 bits per heavy atom. The first-order valence-electron chi connectivity index (χ1n) is 8.21. The van der Waals surface area contributed by atoms with Crippen LogP contribution in [0.2, 0.25) is 0 Å². The van der Waals surface area contributed by atoms with Gasteiger partial charge in [0.15, 0.2) is 0 Å². The summed E-state index contributed by atoms with van der Waals surface area (Å²) in [6.07, 6.45) is 7.00. The number of amides is 1. The van der Waals surface area contributed by atoms with Gasteiger partial charge in [-0.1, -0.05) is 0 Å². The molecule has 1 fully saturated rings. The van der Waals surface area contributed by atoms with E-state index in [1.165, 1.54) is 0 Å². The van der Waals surface area contributed by atoms with Gasteiger partial charge in [-0.2, -0.15) is 0 Å². The minimum Gasteiger partial charge on any atom is -0.477 e. The van der Waals surface area contributed by atoms with Crippen LogP contribution in [0.15, 0.2) is 36.9 Å². The van der Waals surface area contributed by atoms with Crippen LogP contribution < -0.4 is 15.0 Å². The molecule has 2 N–H and O–H groups in total. The maximum absolute atomic E-state index is 12.4. The molecule has 0 unspecified atom stereocenters. The van der Waals surface area contributed by atoms with Crippen LogP contribution in [-0.4, -0.2) is 57.8 Å². The van der Waals surface area contributed by atoms with E-state index in [-0.39, 0.29) is 12.5 Å². The zero-order valence-corrected chi connectivity index (χ0v) is 14.1. The third kappa shape index (κ3) is 4.03. The summed E-state index contributed by atoms with van der Waals surface area (Å²) in [5, 5.41) is 13.5.